The van der Waals surface area contributed by atoms with Gasteiger partial charge in [0, 0.05) is 32.8 Å². The molecule has 3 atom stereocenters. The first kappa shape index (κ1) is 17.3. The quantitative estimate of drug-likeness (QED) is 0.866. The molecular formula is C17H24N4O2. The smallest absolute Gasteiger partial charge is 0.315 e. The zero-order valence-corrected chi connectivity index (χ0v) is 13.9. The van der Waals surface area contributed by atoms with Crippen LogP contribution in [0.25, 0.3) is 0 Å². The Hall–Kier alpha value is -2.10. The lowest BCUT2D eigenvalue weighted by Gasteiger charge is -2.24. The molecule has 23 heavy (non-hydrogen) atoms. The second-order valence-corrected chi connectivity index (χ2v) is 5.75. The van der Waals surface area contributed by atoms with Crippen LogP contribution in [0.15, 0.2) is 24.3 Å². The summed E-state index contributed by atoms with van der Waals surface area (Å²) in [5.41, 5.74) is 1.81. The van der Waals surface area contributed by atoms with Gasteiger partial charge >= 0.3 is 6.03 Å². The van der Waals surface area contributed by atoms with E-state index >= 15 is 0 Å². The number of methoxy groups -OCH3 is 1. The van der Waals surface area contributed by atoms with Gasteiger partial charge < -0.3 is 15.4 Å². The van der Waals surface area contributed by atoms with E-state index in [-0.39, 0.29) is 24.2 Å². The van der Waals surface area contributed by atoms with Crippen LogP contribution in [0.1, 0.15) is 31.0 Å². The lowest BCUT2D eigenvalue weighted by molar-refractivity contribution is 0.0882. The number of nitrogens with one attached hydrogen (secondary N) is 2. The molecule has 0 saturated carbocycles. The number of nitrogens with zero attached hydrogens (tertiary/aromatic N) is 2. The monoisotopic (exact) mass is 316 g/mol. The Bertz CT molecular complexity index is 567. The van der Waals surface area contributed by atoms with Crippen LogP contribution in [-0.2, 0) is 4.74 Å². The molecule has 0 aromatic heterocycles. The van der Waals surface area contributed by atoms with E-state index in [9.17, 15) is 4.79 Å². The summed E-state index contributed by atoms with van der Waals surface area (Å²) in [5.74, 6) is 0. The fourth-order valence-electron chi connectivity index (χ4n) is 2.92. The normalized spacial score (nSPS) is 22.3. The van der Waals surface area contributed by atoms with Crippen molar-refractivity contribution in [1.82, 2.24) is 15.5 Å². The number of hydrogen-bond donors (Lipinski definition) is 2. The predicted octanol–water partition coefficient (Wildman–Crippen LogP) is 1.64. The van der Waals surface area contributed by atoms with Crippen LogP contribution in [0.4, 0.5) is 4.79 Å². The van der Waals surface area contributed by atoms with Gasteiger partial charge in [-0.3, -0.25) is 4.90 Å². The van der Waals surface area contributed by atoms with Crippen LogP contribution >= 0.6 is 0 Å². The van der Waals surface area contributed by atoms with Crippen LogP contribution in [0.3, 0.4) is 0 Å². The van der Waals surface area contributed by atoms with Gasteiger partial charge in [0.1, 0.15) is 0 Å². The molecule has 1 aliphatic rings. The molecule has 0 radical (unpaired) electrons. The van der Waals surface area contributed by atoms with Crippen molar-refractivity contribution in [2.24, 2.45) is 0 Å². The second kappa shape index (κ2) is 7.95. The number of nitriles is 1. The topological polar surface area (TPSA) is 77.4 Å². The molecule has 1 heterocycles. The van der Waals surface area contributed by atoms with E-state index in [1.54, 1.807) is 7.11 Å². The standard InChI is InChI=1S/C17H24N4O2/c1-4-19-17(22)20-15-10-21(11-16(15)23-3)12(2)14-7-5-13(9-18)6-8-14/h5-8,12,15-16H,4,10-11H2,1-3H3,(H2,19,20,22)/t12-,15-,16+/m1/s1. The molecule has 1 aromatic carbocycles. The zero-order valence-electron chi connectivity index (χ0n) is 13.9. The first-order chi connectivity index (χ1) is 11.1. The summed E-state index contributed by atoms with van der Waals surface area (Å²) in [4.78, 5) is 14.0. The van der Waals surface area contributed by atoms with Gasteiger partial charge in [-0.25, -0.2) is 4.79 Å². The van der Waals surface area contributed by atoms with Crippen molar-refractivity contribution in [2.75, 3.05) is 26.7 Å². The maximum atomic E-state index is 11.8. The van der Waals surface area contributed by atoms with E-state index in [0.29, 0.717) is 12.1 Å². The number of urea groups is 1. The molecule has 1 fully saturated rings. The van der Waals surface area contributed by atoms with Gasteiger partial charge in [0.05, 0.1) is 23.8 Å². The number of ether oxygens (including phenoxy) is 1. The average molecular weight is 316 g/mol. The van der Waals surface area contributed by atoms with E-state index in [4.69, 9.17) is 10.00 Å². The number of likely N-dealkylation sites (tertiary alicyclic amines) is 1. The molecule has 2 N–H and O–H groups in total. The first-order valence-electron chi connectivity index (χ1n) is 7.90. The van der Waals surface area contributed by atoms with Crippen molar-refractivity contribution in [3.63, 3.8) is 0 Å². The van der Waals surface area contributed by atoms with Crippen LogP contribution in [0.2, 0.25) is 0 Å². The minimum Gasteiger partial charge on any atom is -0.378 e. The highest BCUT2D eigenvalue weighted by Gasteiger charge is 2.36. The number of carbonyl (C=O) groups is 1. The minimum absolute atomic E-state index is 0.0292. The lowest BCUT2D eigenvalue weighted by atomic mass is 10.1. The number of rotatable bonds is 5. The average Bonchev–Trinajstić information content (AvgIpc) is 2.97. The summed E-state index contributed by atoms with van der Waals surface area (Å²) in [5, 5.41) is 14.6. The summed E-state index contributed by atoms with van der Waals surface area (Å²) in [6, 6.07) is 9.76. The molecule has 1 aliphatic heterocycles. The molecule has 1 aromatic rings. The maximum absolute atomic E-state index is 11.8. The van der Waals surface area contributed by atoms with E-state index in [1.165, 1.54) is 0 Å². The van der Waals surface area contributed by atoms with Crippen molar-refractivity contribution in [3.05, 3.63) is 35.4 Å². The summed E-state index contributed by atoms with van der Waals surface area (Å²) >= 11 is 0. The number of carbonyl (C=O) groups excluding carboxylic acids is 1. The summed E-state index contributed by atoms with van der Waals surface area (Å²) < 4.78 is 5.53. The molecule has 0 bridgehead atoms. The maximum Gasteiger partial charge on any atom is 0.315 e. The number of hydrogen-bond acceptors (Lipinski definition) is 4. The molecular weight excluding hydrogens is 292 g/mol. The zero-order chi connectivity index (χ0) is 16.8. The van der Waals surface area contributed by atoms with Crippen LogP contribution < -0.4 is 10.6 Å². The summed E-state index contributed by atoms with van der Waals surface area (Å²) in [6.07, 6.45) is -0.0292. The van der Waals surface area contributed by atoms with Crippen LogP contribution in [0.5, 0.6) is 0 Å². The van der Waals surface area contributed by atoms with Gasteiger partial charge in [-0.15, -0.1) is 0 Å². The highest BCUT2D eigenvalue weighted by atomic mass is 16.5. The Morgan fingerprint density at radius 1 is 1.43 bits per heavy atom. The SMILES string of the molecule is CCNC(=O)N[C@@H]1CN([C@H](C)c2ccc(C#N)cc2)C[C@@H]1OC. The Balaban J connectivity index is 2.02. The third-order valence-corrected chi connectivity index (χ3v) is 4.32. The van der Waals surface area contributed by atoms with Gasteiger partial charge in [-0.05, 0) is 31.5 Å². The third-order valence-electron chi connectivity index (χ3n) is 4.32. The Kier molecular flexibility index (Phi) is 5.97. The van der Waals surface area contributed by atoms with Gasteiger partial charge in [0.25, 0.3) is 0 Å². The van der Waals surface area contributed by atoms with Crippen molar-refractivity contribution in [1.29, 1.82) is 5.26 Å². The predicted molar refractivity (Wildman–Crippen MR) is 87.9 cm³/mol. The van der Waals surface area contributed by atoms with Crippen molar-refractivity contribution < 1.29 is 9.53 Å². The second-order valence-electron chi connectivity index (χ2n) is 5.75. The summed E-state index contributed by atoms with van der Waals surface area (Å²) in [6.45, 7) is 6.11. The molecule has 0 aliphatic carbocycles. The van der Waals surface area contributed by atoms with Crippen molar-refractivity contribution in [2.45, 2.75) is 32.0 Å². The Morgan fingerprint density at radius 2 is 2.13 bits per heavy atom. The minimum atomic E-state index is -0.160. The van der Waals surface area contributed by atoms with Gasteiger partial charge in [-0.1, -0.05) is 12.1 Å². The molecule has 2 amide bonds. The Morgan fingerprint density at radius 3 is 2.70 bits per heavy atom. The van der Waals surface area contributed by atoms with E-state index in [0.717, 1.165) is 18.7 Å². The van der Waals surface area contributed by atoms with Gasteiger partial charge in [-0.2, -0.15) is 5.26 Å². The lowest BCUT2D eigenvalue weighted by Crippen LogP contribution is -2.48. The highest BCUT2D eigenvalue weighted by Crippen LogP contribution is 2.26. The van der Waals surface area contributed by atoms with Crippen molar-refractivity contribution in [3.8, 4) is 6.07 Å². The highest BCUT2D eigenvalue weighted by molar-refractivity contribution is 5.74. The van der Waals surface area contributed by atoms with Crippen LogP contribution in [-0.4, -0.2) is 49.8 Å². The molecule has 0 unspecified atom stereocenters. The van der Waals surface area contributed by atoms with E-state index in [1.807, 2.05) is 31.2 Å². The van der Waals surface area contributed by atoms with E-state index < -0.39 is 0 Å². The van der Waals surface area contributed by atoms with E-state index in [2.05, 4.69) is 28.5 Å². The van der Waals surface area contributed by atoms with Gasteiger partial charge in [0.2, 0.25) is 0 Å². The third kappa shape index (κ3) is 4.21. The van der Waals surface area contributed by atoms with Crippen molar-refractivity contribution >= 4 is 6.03 Å². The van der Waals surface area contributed by atoms with Gasteiger partial charge in [0.15, 0.2) is 0 Å². The number of amides is 2. The largest absolute Gasteiger partial charge is 0.378 e. The number of benzene rings is 1. The fourth-order valence-corrected chi connectivity index (χ4v) is 2.92. The molecule has 6 heteroatoms. The molecule has 2 rings (SSSR count). The molecule has 0 spiro atoms. The molecule has 6 nitrogen and oxygen atoms in total. The first-order valence-corrected chi connectivity index (χ1v) is 7.90. The molecule has 124 valence electrons. The fraction of sp³-hybridized carbons (Fsp3) is 0.529. The Labute approximate surface area is 137 Å². The molecule has 1 saturated heterocycles. The van der Waals surface area contributed by atoms with Crippen LogP contribution in [0, 0.1) is 11.3 Å². The summed E-state index contributed by atoms with van der Waals surface area (Å²) in [7, 11) is 1.67.